The third-order valence-corrected chi connectivity index (χ3v) is 3.63. The number of ether oxygens (including phenoxy) is 1. The Hall–Kier alpha value is -1.78. The molecule has 0 aliphatic heterocycles. The van der Waals surface area contributed by atoms with Gasteiger partial charge in [-0.25, -0.2) is 4.79 Å². The molecule has 1 aliphatic carbocycles. The summed E-state index contributed by atoms with van der Waals surface area (Å²) in [6.45, 7) is 2.07. The maximum absolute atomic E-state index is 11.8. The van der Waals surface area contributed by atoms with Crippen molar-refractivity contribution >= 4 is 11.9 Å². The first-order chi connectivity index (χ1) is 9.66. The Bertz CT molecular complexity index is 435. The number of esters is 1. The minimum atomic E-state index is -0.670. The van der Waals surface area contributed by atoms with Crippen LogP contribution in [0.5, 0.6) is 0 Å². The second-order valence-corrected chi connectivity index (χ2v) is 5.31. The third kappa shape index (κ3) is 4.11. The van der Waals surface area contributed by atoms with Gasteiger partial charge in [-0.3, -0.25) is 4.79 Å². The van der Waals surface area contributed by atoms with E-state index < -0.39 is 17.9 Å². The third-order valence-electron chi connectivity index (χ3n) is 3.63. The van der Waals surface area contributed by atoms with Gasteiger partial charge >= 0.3 is 5.97 Å². The predicted octanol–water partition coefficient (Wildman–Crippen LogP) is 2.52. The number of nitrogens with one attached hydrogen (secondary N) is 1. The Labute approximate surface area is 118 Å². The average Bonchev–Trinajstić information content (AvgIpc) is 3.00. The molecule has 0 saturated heterocycles. The molecule has 1 saturated carbocycles. The van der Waals surface area contributed by atoms with Gasteiger partial charge in [0.25, 0.3) is 5.91 Å². The Morgan fingerprint density at radius 2 is 2.15 bits per heavy atom. The SMILES string of the molecule is C[C@@H](NC(=O)c1ccco1)C(=O)OCC1CCCCC1. The van der Waals surface area contributed by atoms with Crippen LogP contribution in [0, 0.1) is 5.92 Å². The predicted molar refractivity (Wildman–Crippen MR) is 73.2 cm³/mol. The Morgan fingerprint density at radius 3 is 2.80 bits per heavy atom. The van der Waals surface area contributed by atoms with Crippen LogP contribution < -0.4 is 5.32 Å². The van der Waals surface area contributed by atoms with Gasteiger partial charge in [0, 0.05) is 0 Å². The van der Waals surface area contributed by atoms with Gasteiger partial charge in [0.15, 0.2) is 5.76 Å². The minimum absolute atomic E-state index is 0.192. The van der Waals surface area contributed by atoms with Crippen molar-refractivity contribution in [2.45, 2.75) is 45.1 Å². The largest absolute Gasteiger partial charge is 0.464 e. The summed E-state index contributed by atoms with van der Waals surface area (Å²) >= 11 is 0. The minimum Gasteiger partial charge on any atom is -0.464 e. The van der Waals surface area contributed by atoms with Crippen LogP contribution in [0.4, 0.5) is 0 Å². The maximum Gasteiger partial charge on any atom is 0.328 e. The van der Waals surface area contributed by atoms with E-state index in [0.717, 1.165) is 12.8 Å². The lowest BCUT2D eigenvalue weighted by molar-refractivity contribution is -0.147. The molecule has 0 aromatic carbocycles. The highest BCUT2D eigenvalue weighted by molar-refractivity contribution is 5.94. The van der Waals surface area contributed by atoms with E-state index in [9.17, 15) is 9.59 Å². The molecule has 5 nitrogen and oxygen atoms in total. The molecule has 1 N–H and O–H groups in total. The van der Waals surface area contributed by atoms with Gasteiger partial charge in [-0.1, -0.05) is 19.3 Å². The summed E-state index contributed by atoms with van der Waals surface area (Å²) in [5, 5.41) is 2.56. The summed E-state index contributed by atoms with van der Waals surface area (Å²) in [5.74, 6) is -0.134. The average molecular weight is 279 g/mol. The van der Waals surface area contributed by atoms with Crippen molar-refractivity contribution in [1.29, 1.82) is 0 Å². The van der Waals surface area contributed by atoms with Crippen LogP contribution in [0.1, 0.15) is 49.6 Å². The van der Waals surface area contributed by atoms with Crippen molar-refractivity contribution in [3.05, 3.63) is 24.2 Å². The van der Waals surface area contributed by atoms with Crippen LogP contribution in [0.2, 0.25) is 0 Å². The van der Waals surface area contributed by atoms with E-state index in [1.54, 1.807) is 19.1 Å². The Balaban J connectivity index is 1.72. The molecule has 0 spiro atoms. The lowest BCUT2D eigenvalue weighted by atomic mass is 9.90. The van der Waals surface area contributed by atoms with Crippen LogP contribution >= 0.6 is 0 Å². The fourth-order valence-corrected chi connectivity index (χ4v) is 2.41. The second kappa shape index (κ2) is 7.12. The smallest absolute Gasteiger partial charge is 0.328 e. The van der Waals surface area contributed by atoms with E-state index in [4.69, 9.17) is 9.15 Å². The number of hydrogen-bond donors (Lipinski definition) is 1. The lowest BCUT2D eigenvalue weighted by Crippen LogP contribution is -2.40. The Morgan fingerprint density at radius 1 is 1.40 bits per heavy atom. The zero-order valence-electron chi connectivity index (χ0n) is 11.8. The lowest BCUT2D eigenvalue weighted by Gasteiger charge is -2.22. The second-order valence-electron chi connectivity index (χ2n) is 5.31. The van der Waals surface area contributed by atoms with E-state index >= 15 is 0 Å². The van der Waals surface area contributed by atoms with E-state index in [1.807, 2.05) is 0 Å². The molecule has 2 rings (SSSR count). The van der Waals surface area contributed by atoms with Gasteiger partial charge in [-0.2, -0.15) is 0 Å². The zero-order chi connectivity index (χ0) is 14.4. The zero-order valence-corrected chi connectivity index (χ0v) is 11.8. The maximum atomic E-state index is 11.8. The van der Waals surface area contributed by atoms with Gasteiger partial charge < -0.3 is 14.5 Å². The molecule has 0 bridgehead atoms. The summed E-state index contributed by atoms with van der Waals surface area (Å²) in [5.41, 5.74) is 0. The molecule has 0 unspecified atom stereocenters. The van der Waals surface area contributed by atoms with Crippen LogP contribution in [0.25, 0.3) is 0 Å². The van der Waals surface area contributed by atoms with Crippen LogP contribution in [-0.2, 0) is 9.53 Å². The van der Waals surface area contributed by atoms with Gasteiger partial charge in [-0.15, -0.1) is 0 Å². The topological polar surface area (TPSA) is 68.5 Å². The van der Waals surface area contributed by atoms with E-state index in [-0.39, 0.29) is 5.76 Å². The van der Waals surface area contributed by atoms with Crippen molar-refractivity contribution in [3.8, 4) is 0 Å². The molecule has 1 aliphatic rings. The highest BCUT2D eigenvalue weighted by atomic mass is 16.5. The van der Waals surface area contributed by atoms with Gasteiger partial charge in [0.2, 0.25) is 0 Å². The summed E-state index contributed by atoms with van der Waals surface area (Å²) in [7, 11) is 0. The first-order valence-corrected chi connectivity index (χ1v) is 7.18. The standard InChI is InChI=1S/C15H21NO4/c1-11(16-14(17)13-8-5-9-19-13)15(18)20-10-12-6-3-2-4-7-12/h5,8-9,11-12H,2-4,6-7,10H2,1H3,(H,16,17)/t11-/m1/s1. The molecule has 1 heterocycles. The molecule has 1 aromatic rings. The number of carbonyl (C=O) groups is 2. The van der Waals surface area contributed by atoms with Crippen molar-refractivity contribution in [2.24, 2.45) is 5.92 Å². The molecule has 1 aromatic heterocycles. The number of carbonyl (C=O) groups excluding carboxylic acids is 2. The van der Waals surface area contributed by atoms with Crippen LogP contribution in [-0.4, -0.2) is 24.5 Å². The van der Waals surface area contributed by atoms with Crippen LogP contribution in [0.15, 0.2) is 22.8 Å². The monoisotopic (exact) mass is 279 g/mol. The molecular weight excluding hydrogens is 258 g/mol. The van der Waals surface area contributed by atoms with Crippen molar-refractivity contribution in [2.75, 3.05) is 6.61 Å². The number of hydrogen-bond acceptors (Lipinski definition) is 4. The van der Waals surface area contributed by atoms with Crippen molar-refractivity contribution in [1.82, 2.24) is 5.32 Å². The van der Waals surface area contributed by atoms with Gasteiger partial charge in [0.1, 0.15) is 6.04 Å². The fourth-order valence-electron chi connectivity index (χ4n) is 2.41. The summed E-state index contributed by atoms with van der Waals surface area (Å²) in [6, 6.07) is 2.51. The fraction of sp³-hybridized carbons (Fsp3) is 0.600. The van der Waals surface area contributed by atoms with E-state index in [0.29, 0.717) is 12.5 Å². The molecule has 1 fully saturated rings. The molecule has 110 valence electrons. The number of amides is 1. The first-order valence-electron chi connectivity index (χ1n) is 7.18. The quantitative estimate of drug-likeness (QED) is 0.841. The number of rotatable bonds is 5. The summed E-state index contributed by atoms with van der Waals surface area (Å²) in [4.78, 5) is 23.5. The molecule has 1 atom stereocenters. The summed E-state index contributed by atoms with van der Waals surface area (Å²) < 4.78 is 10.2. The highest BCUT2D eigenvalue weighted by Gasteiger charge is 2.21. The van der Waals surface area contributed by atoms with E-state index in [2.05, 4.69) is 5.32 Å². The molecule has 20 heavy (non-hydrogen) atoms. The van der Waals surface area contributed by atoms with E-state index in [1.165, 1.54) is 25.5 Å². The van der Waals surface area contributed by atoms with Crippen molar-refractivity contribution < 1.29 is 18.7 Å². The summed E-state index contributed by atoms with van der Waals surface area (Å²) in [6.07, 6.45) is 7.38. The van der Waals surface area contributed by atoms with Crippen molar-refractivity contribution in [3.63, 3.8) is 0 Å². The molecule has 5 heteroatoms. The van der Waals surface area contributed by atoms with Gasteiger partial charge in [0.05, 0.1) is 12.9 Å². The van der Waals surface area contributed by atoms with Crippen LogP contribution in [0.3, 0.4) is 0 Å². The Kier molecular flexibility index (Phi) is 5.21. The highest BCUT2D eigenvalue weighted by Crippen LogP contribution is 2.23. The number of furan rings is 1. The normalized spacial score (nSPS) is 17.4. The molecule has 0 radical (unpaired) electrons. The van der Waals surface area contributed by atoms with Gasteiger partial charge in [-0.05, 0) is 37.8 Å². The first kappa shape index (κ1) is 14.6. The molecule has 1 amide bonds. The molecular formula is C15H21NO4.